The summed E-state index contributed by atoms with van der Waals surface area (Å²) in [5, 5.41) is 12.9. The zero-order chi connectivity index (χ0) is 22.2. The molecule has 0 saturated carbocycles. The molecule has 0 aromatic heterocycles. The van der Waals surface area contributed by atoms with E-state index < -0.39 is 12.1 Å². The van der Waals surface area contributed by atoms with Crippen molar-refractivity contribution in [2.24, 2.45) is 11.7 Å². The van der Waals surface area contributed by atoms with Crippen LogP contribution in [0.5, 0.6) is 5.75 Å². The second kappa shape index (κ2) is 11.0. The highest BCUT2D eigenvalue weighted by Crippen LogP contribution is 2.19. The van der Waals surface area contributed by atoms with Crippen molar-refractivity contribution in [2.75, 3.05) is 49.5 Å². The van der Waals surface area contributed by atoms with E-state index in [1.165, 1.54) is 11.3 Å². The molecular formula is C24H34N4O3. The van der Waals surface area contributed by atoms with Gasteiger partial charge in [-0.15, -0.1) is 0 Å². The summed E-state index contributed by atoms with van der Waals surface area (Å²) in [6.07, 6.45) is 0.549. The summed E-state index contributed by atoms with van der Waals surface area (Å²) < 4.78 is 5.67. The molecule has 2 aromatic rings. The smallest absolute Gasteiger partial charge is 0.316 e. The van der Waals surface area contributed by atoms with Crippen LogP contribution in [0, 0.1) is 5.92 Å². The summed E-state index contributed by atoms with van der Waals surface area (Å²) in [6, 6.07) is 15.2. The molecule has 168 valence electrons. The fourth-order valence-electron chi connectivity index (χ4n) is 3.82. The summed E-state index contributed by atoms with van der Waals surface area (Å²) in [7, 11) is 0. The van der Waals surface area contributed by atoms with Gasteiger partial charge in [-0.25, -0.2) is 4.79 Å². The van der Waals surface area contributed by atoms with E-state index in [0.717, 1.165) is 32.6 Å². The van der Waals surface area contributed by atoms with Crippen molar-refractivity contribution in [1.82, 2.24) is 4.90 Å². The molecule has 1 aliphatic rings. The Morgan fingerprint density at radius 2 is 1.71 bits per heavy atom. The summed E-state index contributed by atoms with van der Waals surface area (Å²) >= 11 is 0. The normalized spacial score (nSPS) is 15.7. The molecule has 0 radical (unpaired) electrons. The number of nitrogens with one attached hydrogen (secondary N) is 1. The minimum atomic E-state index is -0.604. The van der Waals surface area contributed by atoms with E-state index >= 15 is 0 Å². The summed E-state index contributed by atoms with van der Waals surface area (Å²) in [5.41, 5.74) is 8.35. The summed E-state index contributed by atoms with van der Waals surface area (Å²) in [5.74, 6) is 1.31. The van der Waals surface area contributed by atoms with Gasteiger partial charge in [-0.1, -0.05) is 26.0 Å². The molecule has 4 N–H and O–H groups in total. The Morgan fingerprint density at radius 1 is 1.06 bits per heavy atom. The first-order chi connectivity index (χ1) is 14.9. The number of hydrogen-bond acceptors (Lipinski definition) is 5. The van der Waals surface area contributed by atoms with Crippen molar-refractivity contribution in [1.29, 1.82) is 0 Å². The van der Waals surface area contributed by atoms with Crippen LogP contribution >= 0.6 is 0 Å². The number of nitrogens with zero attached hydrogens (tertiary/aromatic N) is 2. The first kappa shape index (κ1) is 22.9. The van der Waals surface area contributed by atoms with Gasteiger partial charge in [0.05, 0.1) is 0 Å². The number of aliphatic hydroxyl groups is 1. The number of benzene rings is 2. The number of β-amino-alcohol motifs (C(OH)–C–C–N with tert-alkyl or cyclic N) is 1. The number of amides is 2. The first-order valence-corrected chi connectivity index (χ1v) is 10.9. The molecule has 0 bridgehead atoms. The molecule has 0 aliphatic carbocycles. The van der Waals surface area contributed by atoms with Gasteiger partial charge in [0.2, 0.25) is 0 Å². The SMILES string of the molecule is CC(C)Cc1ccc(N2CCN(C[C@H](O)COc3ccc(NC(N)=O)cc3)CC2)cc1. The minimum Gasteiger partial charge on any atom is -0.491 e. The fraction of sp³-hybridized carbons (Fsp3) is 0.458. The zero-order valence-corrected chi connectivity index (χ0v) is 18.5. The van der Waals surface area contributed by atoms with Crippen molar-refractivity contribution >= 4 is 17.4 Å². The first-order valence-electron chi connectivity index (χ1n) is 10.9. The molecule has 31 heavy (non-hydrogen) atoms. The number of carbonyl (C=O) groups is 1. The average molecular weight is 427 g/mol. The van der Waals surface area contributed by atoms with Gasteiger partial charge in [0, 0.05) is 44.1 Å². The minimum absolute atomic E-state index is 0.222. The highest BCUT2D eigenvalue weighted by molar-refractivity contribution is 5.87. The Kier molecular flexibility index (Phi) is 8.14. The lowest BCUT2D eigenvalue weighted by atomic mass is 10.0. The molecular weight excluding hydrogens is 392 g/mol. The number of nitrogens with two attached hydrogens (primary N) is 1. The van der Waals surface area contributed by atoms with E-state index in [2.05, 4.69) is 53.2 Å². The van der Waals surface area contributed by atoms with E-state index in [1.807, 2.05) is 0 Å². The van der Waals surface area contributed by atoms with Crippen molar-refractivity contribution in [2.45, 2.75) is 26.4 Å². The van der Waals surface area contributed by atoms with Crippen LogP contribution in [0.2, 0.25) is 0 Å². The van der Waals surface area contributed by atoms with E-state index in [0.29, 0.717) is 23.9 Å². The summed E-state index contributed by atoms with van der Waals surface area (Å²) in [6.45, 7) is 9.02. The highest BCUT2D eigenvalue weighted by atomic mass is 16.5. The molecule has 1 fully saturated rings. The predicted molar refractivity (Wildman–Crippen MR) is 125 cm³/mol. The largest absolute Gasteiger partial charge is 0.491 e. The lowest BCUT2D eigenvalue weighted by molar-refractivity contribution is 0.0663. The quantitative estimate of drug-likeness (QED) is 0.574. The maximum Gasteiger partial charge on any atom is 0.316 e. The van der Waals surface area contributed by atoms with Crippen molar-refractivity contribution in [3.05, 3.63) is 54.1 Å². The number of anilines is 2. The molecule has 0 unspecified atom stereocenters. The van der Waals surface area contributed by atoms with Crippen LogP contribution in [0.1, 0.15) is 19.4 Å². The highest BCUT2D eigenvalue weighted by Gasteiger charge is 2.20. The van der Waals surface area contributed by atoms with Crippen LogP contribution in [-0.4, -0.2) is 61.5 Å². The monoisotopic (exact) mass is 426 g/mol. The van der Waals surface area contributed by atoms with E-state index in [4.69, 9.17) is 10.5 Å². The molecule has 1 heterocycles. The zero-order valence-electron chi connectivity index (χ0n) is 18.5. The molecule has 3 rings (SSSR count). The standard InChI is InChI=1S/C24H34N4O3/c1-18(2)15-19-3-7-21(8-4-19)28-13-11-27(12-14-28)16-22(29)17-31-23-9-5-20(6-10-23)26-24(25)30/h3-10,18,22,29H,11-17H2,1-2H3,(H3,25,26,30)/t22-/m0/s1. The molecule has 7 nitrogen and oxygen atoms in total. The Hall–Kier alpha value is -2.77. The number of aliphatic hydroxyl groups excluding tert-OH is 1. The Bertz CT molecular complexity index is 816. The van der Waals surface area contributed by atoms with Gasteiger partial charge in [0.1, 0.15) is 18.5 Å². The Labute approximate surface area is 184 Å². The van der Waals surface area contributed by atoms with E-state index in [9.17, 15) is 9.90 Å². The van der Waals surface area contributed by atoms with Gasteiger partial charge in [0.15, 0.2) is 0 Å². The fourth-order valence-corrected chi connectivity index (χ4v) is 3.82. The third-order valence-electron chi connectivity index (χ3n) is 5.35. The van der Waals surface area contributed by atoms with Gasteiger partial charge in [0.25, 0.3) is 0 Å². The van der Waals surface area contributed by atoms with E-state index in [-0.39, 0.29) is 6.61 Å². The number of urea groups is 1. The Morgan fingerprint density at radius 3 is 2.29 bits per heavy atom. The van der Waals surface area contributed by atoms with Gasteiger partial charge in [-0.2, -0.15) is 0 Å². The van der Waals surface area contributed by atoms with Crippen molar-refractivity contribution in [3.8, 4) is 5.75 Å². The van der Waals surface area contributed by atoms with Crippen LogP contribution in [-0.2, 0) is 6.42 Å². The molecule has 1 atom stereocenters. The second-order valence-electron chi connectivity index (χ2n) is 8.53. The molecule has 1 saturated heterocycles. The number of hydrogen-bond donors (Lipinski definition) is 3. The van der Waals surface area contributed by atoms with Crippen LogP contribution in [0.15, 0.2) is 48.5 Å². The molecule has 7 heteroatoms. The number of carbonyl (C=O) groups excluding carboxylic acids is 1. The lowest BCUT2D eigenvalue weighted by Crippen LogP contribution is -2.49. The van der Waals surface area contributed by atoms with Gasteiger partial charge in [-0.05, 0) is 54.3 Å². The maximum absolute atomic E-state index is 10.8. The maximum atomic E-state index is 10.8. The van der Waals surface area contributed by atoms with Gasteiger partial charge >= 0.3 is 6.03 Å². The third-order valence-corrected chi connectivity index (χ3v) is 5.35. The molecule has 1 aliphatic heterocycles. The number of primary amides is 1. The molecule has 2 aromatic carbocycles. The van der Waals surface area contributed by atoms with Crippen LogP contribution in [0.4, 0.5) is 16.2 Å². The number of ether oxygens (including phenoxy) is 1. The number of piperazine rings is 1. The molecule has 0 spiro atoms. The van der Waals surface area contributed by atoms with Crippen LogP contribution in [0.25, 0.3) is 0 Å². The molecule has 2 amide bonds. The Balaban J connectivity index is 1.38. The van der Waals surface area contributed by atoms with Gasteiger partial charge < -0.3 is 25.8 Å². The van der Waals surface area contributed by atoms with E-state index in [1.54, 1.807) is 24.3 Å². The van der Waals surface area contributed by atoms with Gasteiger partial charge in [-0.3, -0.25) is 4.90 Å². The number of rotatable bonds is 9. The van der Waals surface area contributed by atoms with Crippen molar-refractivity contribution < 1.29 is 14.6 Å². The predicted octanol–water partition coefficient (Wildman–Crippen LogP) is 2.94. The van der Waals surface area contributed by atoms with Crippen molar-refractivity contribution in [3.63, 3.8) is 0 Å². The van der Waals surface area contributed by atoms with Crippen LogP contribution in [0.3, 0.4) is 0 Å². The summed E-state index contributed by atoms with van der Waals surface area (Å²) in [4.78, 5) is 15.5. The lowest BCUT2D eigenvalue weighted by Gasteiger charge is -2.37. The third kappa shape index (κ3) is 7.45. The second-order valence-corrected chi connectivity index (χ2v) is 8.53. The van der Waals surface area contributed by atoms with Crippen LogP contribution < -0.4 is 20.7 Å². The topological polar surface area (TPSA) is 91.1 Å². The average Bonchev–Trinajstić information content (AvgIpc) is 2.74.